The van der Waals surface area contributed by atoms with Gasteiger partial charge in [0.05, 0.1) is 22.4 Å². The lowest BCUT2D eigenvalue weighted by Crippen LogP contribution is -2.11. The molecule has 0 atom stereocenters. The average Bonchev–Trinajstić information content (AvgIpc) is 2.85. The minimum absolute atomic E-state index is 0.0858. The molecule has 0 saturated carbocycles. The molecule has 0 radical (unpaired) electrons. The van der Waals surface area contributed by atoms with Crippen molar-refractivity contribution in [2.75, 3.05) is 11.1 Å². The number of aryl methyl sites for hydroxylation is 2. The van der Waals surface area contributed by atoms with Crippen LogP contribution in [0.25, 0.3) is 0 Å². The summed E-state index contributed by atoms with van der Waals surface area (Å²) in [6.45, 7) is 0. The summed E-state index contributed by atoms with van der Waals surface area (Å²) in [6.07, 6.45) is 7.80. The third kappa shape index (κ3) is 2.46. The molecule has 0 bridgehead atoms. The van der Waals surface area contributed by atoms with Crippen LogP contribution in [-0.2, 0) is 12.8 Å². The molecule has 1 amide bonds. The predicted octanol–water partition coefficient (Wildman–Crippen LogP) is 2.86. The van der Waals surface area contributed by atoms with Crippen LogP contribution >= 0.6 is 11.3 Å². The van der Waals surface area contributed by atoms with E-state index in [9.17, 15) is 4.79 Å². The smallest absolute Gasteiger partial charge is 0.265 e. The maximum atomic E-state index is 12.2. The Kier molecular flexibility index (Phi) is 3.21. The number of hydrogen-bond donors (Lipinski definition) is 2. The Morgan fingerprint density at radius 2 is 2.21 bits per heavy atom. The molecule has 2 heterocycles. The van der Waals surface area contributed by atoms with Crippen LogP contribution in [0.5, 0.6) is 0 Å². The van der Waals surface area contributed by atoms with E-state index in [0.717, 1.165) is 17.7 Å². The second-order valence-electron chi connectivity index (χ2n) is 4.68. The van der Waals surface area contributed by atoms with Gasteiger partial charge >= 0.3 is 0 Å². The highest BCUT2D eigenvalue weighted by Gasteiger charge is 2.17. The highest BCUT2D eigenvalue weighted by atomic mass is 32.1. The number of nitrogens with one attached hydrogen (secondary N) is 1. The Morgan fingerprint density at radius 1 is 1.37 bits per heavy atom. The van der Waals surface area contributed by atoms with E-state index < -0.39 is 0 Å². The minimum Gasteiger partial charge on any atom is -0.396 e. The monoisotopic (exact) mass is 273 g/mol. The summed E-state index contributed by atoms with van der Waals surface area (Å²) in [5.74, 6) is -0.0858. The van der Waals surface area contributed by atoms with Gasteiger partial charge in [0.1, 0.15) is 0 Å². The highest BCUT2D eigenvalue weighted by molar-refractivity contribution is 7.14. The van der Waals surface area contributed by atoms with Gasteiger partial charge < -0.3 is 11.1 Å². The number of rotatable bonds is 2. The lowest BCUT2D eigenvalue weighted by Gasteiger charge is -2.08. The van der Waals surface area contributed by atoms with E-state index in [1.807, 2.05) is 6.07 Å². The van der Waals surface area contributed by atoms with Gasteiger partial charge in [0, 0.05) is 11.1 Å². The van der Waals surface area contributed by atoms with Crippen molar-refractivity contribution in [3.05, 3.63) is 39.8 Å². The number of thiophene rings is 1. The third-order valence-electron chi connectivity index (χ3n) is 3.32. The van der Waals surface area contributed by atoms with Crippen molar-refractivity contribution in [3.63, 3.8) is 0 Å². The maximum absolute atomic E-state index is 12.2. The Morgan fingerprint density at radius 3 is 3.00 bits per heavy atom. The molecular weight excluding hydrogens is 258 g/mol. The standard InChI is InChI=1S/C14H15N3OS/c15-10-8-16-6-5-11(10)17-14(18)13-7-9-3-1-2-4-12(9)19-13/h5-8H,1-4,15H2,(H,16,17,18). The van der Waals surface area contributed by atoms with Crippen molar-refractivity contribution >= 4 is 28.6 Å². The fraction of sp³-hybridized carbons (Fsp3) is 0.286. The van der Waals surface area contributed by atoms with Gasteiger partial charge in [0.25, 0.3) is 5.91 Å². The molecule has 0 fully saturated rings. The second-order valence-corrected chi connectivity index (χ2v) is 5.82. The zero-order valence-corrected chi connectivity index (χ0v) is 11.3. The molecule has 0 unspecified atom stereocenters. The van der Waals surface area contributed by atoms with Gasteiger partial charge in [-0.25, -0.2) is 0 Å². The molecule has 0 saturated heterocycles. The molecular formula is C14H15N3OS. The molecule has 1 aliphatic rings. The first-order valence-corrected chi connectivity index (χ1v) is 7.18. The molecule has 19 heavy (non-hydrogen) atoms. The van der Waals surface area contributed by atoms with E-state index in [1.54, 1.807) is 23.6 Å². The number of carbonyl (C=O) groups is 1. The van der Waals surface area contributed by atoms with Gasteiger partial charge in [0.2, 0.25) is 0 Å². The van der Waals surface area contributed by atoms with Crippen LogP contribution in [-0.4, -0.2) is 10.9 Å². The molecule has 2 aromatic rings. The van der Waals surface area contributed by atoms with Crippen molar-refractivity contribution in [2.45, 2.75) is 25.7 Å². The van der Waals surface area contributed by atoms with Gasteiger partial charge in [-0.15, -0.1) is 11.3 Å². The fourth-order valence-electron chi connectivity index (χ4n) is 2.31. The Labute approximate surface area is 115 Å². The number of hydrogen-bond acceptors (Lipinski definition) is 4. The molecule has 0 aromatic carbocycles. The van der Waals surface area contributed by atoms with E-state index >= 15 is 0 Å². The van der Waals surface area contributed by atoms with E-state index in [1.165, 1.54) is 29.5 Å². The third-order valence-corrected chi connectivity index (χ3v) is 4.56. The summed E-state index contributed by atoms with van der Waals surface area (Å²) in [5, 5.41) is 2.84. The molecule has 5 heteroatoms. The first kappa shape index (κ1) is 12.2. The highest BCUT2D eigenvalue weighted by Crippen LogP contribution is 2.30. The second kappa shape index (κ2) is 5.01. The van der Waals surface area contributed by atoms with Crippen LogP contribution in [0.15, 0.2) is 24.5 Å². The zero-order valence-electron chi connectivity index (χ0n) is 10.5. The summed E-state index contributed by atoms with van der Waals surface area (Å²) >= 11 is 1.60. The first-order valence-electron chi connectivity index (χ1n) is 6.36. The topological polar surface area (TPSA) is 68.0 Å². The fourth-order valence-corrected chi connectivity index (χ4v) is 3.46. The Hall–Kier alpha value is -1.88. The molecule has 3 N–H and O–H groups in total. The minimum atomic E-state index is -0.0858. The molecule has 4 nitrogen and oxygen atoms in total. The van der Waals surface area contributed by atoms with E-state index in [2.05, 4.69) is 10.3 Å². The molecule has 1 aliphatic carbocycles. The van der Waals surface area contributed by atoms with Gasteiger partial charge in [-0.05, 0) is 43.4 Å². The van der Waals surface area contributed by atoms with Crippen molar-refractivity contribution in [1.29, 1.82) is 0 Å². The van der Waals surface area contributed by atoms with Gasteiger partial charge in [-0.1, -0.05) is 0 Å². The largest absolute Gasteiger partial charge is 0.396 e. The SMILES string of the molecule is Nc1cnccc1NC(=O)c1cc2c(s1)CCCC2. The first-order chi connectivity index (χ1) is 9.24. The van der Waals surface area contributed by atoms with Crippen molar-refractivity contribution in [2.24, 2.45) is 0 Å². The van der Waals surface area contributed by atoms with Gasteiger partial charge in [0.15, 0.2) is 0 Å². The van der Waals surface area contributed by atoms with Crippen LogP contribution in [0.3, 0.4) is 0 Å². The van der Waals surface area contributed by atoms with Crippen molar-refractivity contribution in [1.82, 2.24) is 4.98 Å². The number of nitrogen functional groups attached to an aromatic ring is 1. The van der Waals surface area contributed by atoms with E-state index in [4.69, 9.17) is 5.73 Å². The average molecular weight is 273 g/mol. The molecule has 0 aliphatic heterocycles. The van der Waals surface area contributed by atoms with Crippen LogP contribution < -0.4 is 11.1 Å². The Bertz CT molecular complexity index is 597. The number of nitrogens with zero attached hydrogens (tertiary/aromatic N) is 1. The zero-order chi connectivity index (χ0) is 13.2. The number of pyridine rings is 1. The molecule has 3 rings (SSSR count). The summed E-state index contributed by atoms with van der Waals surface area (Å²) in [7, 11) is 0. The number of fused-ring (bicyclic) bond motifs is 1. The van der Waals surface area contributed by atoms with Crippen LogP contribution in [0.2, 0.25) is 0 Å². The summed E-state index contributed by atoms with van der Waals surface area (Å²) < 4.78 is 0. The van der Waals surface area contributed by atoms with Gasteiger partial charge in [-0.3, -0.25) is 9.78 Å². The lowest BCUT2D eigenvalue weighted by molar-refractivity contribution is 0.103. The van der Waals surface area contributed by atoms with Crippen molar-refractivity contribution < 1.29 is 4.79 Å². The number of nitrogens with two attached hydrogens (primary N) is 1. The molecule has 2 aromatic heterocycles. The maximum Gasteiger partial charge on any atom is 0.265 e. The van der Waals surface area contributed by atoms with E-state index in [0.29, 0.717) is 11.4 Å². The summed E-state index contributed by atoms with van der Waals surface area (Å²) in [6, 6.07) is 3.73. The molecule has 0 spiro atoms. The summed E-state index contributed by atoms with van der Waals surface area (Å²) in [4.78, 5) is 18.2. The van der Waals surface area contributed by atoms with Crippen molar-refractivity contribution in [3.8, 4) is 0 Å². The summed E-state index contributed by atoms with van der Waals surface area (Å²) in [5.41, 5.74) is 8.21. The molecule has 98 valence electrons. The number of anilines is 2. The lowest BCUT2D eigenvalue weighted by atomic mass is 9.99. The van der Waals surface area contributed by atoms with Gasteiger partial charge in [-0.2, -0.15) is 0 Å². The van der Waals surface area contributed by atoms with Crippen LogP contribution in [0, 0.1) is 0 Å². The predicted molar refractivity (Wildman–Crippen MR) is 77.6 cm³/mol. The number of amides is 1. The van der Waals surface area contributed by atoms with Crippen LogP contribution in [0.4, 0.5) is 11.4 Å². The number of carbonyl (C=O) groups excluding carboxylic acids is 1. The quantitative estimate of drug-likeness (QED) is 0.884. The van der Waals surface area contributed by atoms with E-state index in [-0.39, 0.29) is 5.91 Å². The Balaban J connectivity index is 1.81. The number of aromatic nitrogens is 1. The normalized spacial score (nSPS) is 13.9. The van der Waals surface area contributed by atoms with Crippen LogP contribution in [0.1, 0.15) is 33.0 Å².